The molecule has 3 aromatic rings. The minimum Gasteiger partial charge on any atom is -0.481 e. The highest BCUT2D eigenvalue weighted by atomic mass is 35.5. The van der Waals surface area contributed by atoms with Crippen LogP contribution >= 0.6 is 23.2 Å². The molecule has 2 fully saturated rings. The summed E-state index contributed by atoms with van der Waals surface area (Å²) < 4.78 is 91.1. The Balaban J connectivity index is 1.60. The molecule has 0 unspecified atom stereocenters. The topological polar surface area (TPSA) is 113 Å². The fourth-order valence-corrected chi connectivity index (χ4v) is 8.01. The Bertz CT molecular complexity index is 1720. The van der Waals surface area contributed by atoms with E-state index in [2.05, 4.69) is 4.72 Å². The molecule has 1 heterocycles. The summed E-state index contributed by atoms with van der Waals surface area (Å²) in [5, 5.41) is 10.1. The molecule has 4 atom stereocenters. The second kappa shape index (κ2) is 13.1. The molecule has 2 aliphatic rings. The number of aliphatic carboxylic acids is 1. The summed E-state index contributed by atoms with van der Waals surface area (Å²) in [7, 11) is -4.48. The fourth-order valence-electron chi connectivity index (χ4n) is 5.91. The first-order valence-electron chi connectivity index (χ1n) is 14.1. The van der Waals surface area contributed by atoms with Crippen LogP contribution in [0.4, 0.5) is 17.6 Å². The summed E-state index contributed by atoms with van der Waals surface area (Å²) in [5.74, 6) is -3.30. The van der Waals surface area contributed by atoms with Crippen LogP contribution in [-0.4, -0.2) is 55.2 Å². The van der Waals surface area contributed by atoms with Crippen LogP contribution in [0.3, 0.4) is 0 Å². The van der Waals surface area contributed by atoms with E-state index in [0.717, 1.165) is 11.0 Å². The molecule has 1 saturated carbocycles. The lowest BCUT2D eigenvalue weighted by Crippen LogP contribution is -2.58. The molecule has 2 N–H and O–H groups in total. The lowest BCUT2D eigenvalue weighted by molar-refractivity contribution is -0.192. The van der Waals surface area contributed by atoms with Crippen LogP contribution in [0.15, 0.2) is 72.8 Å². The highest BCUT2D eigenvalue weighted by Gasteiger charge is 2.58. The Morgan fingerprint density at radius 1 is 1.02 bits per heavy atom. The summed E-state index contributed by atoms with van der Waals surface area (Å²) in [6.45, 7) is -0.907. The number of sulfonamides is 1. The fraction of sp³-hybridized carbons (Fsp3) is 0.355. The Hall–Kier alpha value is -3.23. The third-order valence-corrected chi connectivity index (χ3v) is 10.8. The highest BCUT2D eigenvalue weighted by Crippen LogP contribution is 2.53. The molecule has 0 spiro atoms. The average Bonchev–Trinajstić information content (AvgIpc) is 3.79. The van der Waals surface area contributed by atoms with Gasteiger partial charge in [-0.15, -0.1) is 0 Å². The van der Waals surface area contributed by atoms with Gasteiger partial charge in [-0.2, -0.15) is 13.2 Å². The first-order valence-corrected chi connectivity index (χ1v) is 16.4. The highest BCUT2D eigenvalue weighted by molar-refractivity contribution is 7.90. The number of benzene rings is 3. The van der Waals surface area contributed by atoms with Crippen molar-refractivity contribution >= 4 is 45.1 Å². The van der Waals surface area contributed by atoms with E-state index in [1.165, 1.54) is 48.5 Å². The Labute approximate surface area is 272 Å². The van der Waals surface area contributed by atoms with Gasteiger partial charge in [-0.3, -0.25) is 9.59 Å². The number of hydrogen-bond acceptors (Lipinski definition) is 5. The van der Waals surface area contributed by atoms with Crippen molar-refractivity contribution in [2.75, 3.05) is 6.54 Å². The van der Waals surface area contributed by atoms with Crippen LogP contribution < -0.4 is 4.72 Å². The van der Waals surface area contributed by atoms with Crippen molar-refractivity contribution in [2.45, 2.75) is 60.9 Å². The normalized spacial score (nSPS) is 22.0. The predicted molar refractivity (Wildman–Crippen MR) is 161 cm³/mol. The molecule has 0 aromatic heterocycles. The second-order valence-electron chi connectivity index (χ2n) is 11.2. The largest absolute Gasteiger partial charge is 0.481 e. The number of nitrogens with one attached hydrogen (secondary N) is 1. The van der Waals surface area contributed by atoms with Crippen molar-refractivity contribution in [3.63, 3.8) is 0 Å². The maximum atomic E-state index is 14.7. The van der Waals surface area contributed by atoms with Gasteiger partial charge in [0, 0.05) is 22.2 Å². The molecule has 1 aliphatic heterocycles. The minimum atomic E-state index is -4.89. The van der Waals surface area contributed by atoms with E-state index in [-0.39, 0.29) is 29.0 Å². The van der Waals surface area contributed by atoms with Gasteiger partial charge < -0.3 is 14.7 Å². The number of amides is 1. The zero-order valence-electron chi connectivity index (χ0n) is 23.9. The molecule has 15 heteroatoms. The third kappa shape index (κ3) is 7.18. The number of rotatable bonds is 11. The molecule has 1 aliphatic carbocycles. The number of hydrogen-bond donors (Lipinski definition) is 2. The summed E-state index contributed by atoms with van der Waals surface area (Å²) in [6.07, 6.45) is -10.3. The number of ether oxygens (including phenoxy) is 1. The Kier molecular flexibility index (Phi) is 9.72. The van der Waals surface area contributed by atoms with Crippen LogP contribution in [0.1, 0.15) is 54.5 Å². The van der Waals surface area contributed by atoms with Crippen molar-refractivity contribution in [1.82, 2.24) is 9.62 Å². The molecular formula is C31H28Cl2F4N2O6S. The lowest BCUT2D eigenvalue weighted by atomic mass is 9.89. The quantitative estimate of drug-likeness (QED) is 0.219. The van der Waals surface area contributed by atoms with Crippen molar-refractivity contribution < 1.29 is 45.4 Å². The van der Waals surface area contributed by atoms with Gasteiger partial charge in [0.2, 0.25) is 10.0 Å². The molecule has 1 saturated heterocycles. The average molecular weight is 704 g/mol. The van der Waals surface area contributed by atoms with E-state index >= 15 is 0 Å². The molecule has 1 amide bonds. The summed E-state index contributed by atoms with van der Waals surface area (Å²) in [4.78, 5) is 26.6. The van der Waals surface area contributed by atoms with E-state index in [9.17, 15) is 40.7 Å². The van der Waals surface area contributed by atoms with Crippen LogP contribution in [-0.2, 0) is 29.1 Å². The number of nitrogens with zero attached hydrogens (tertiary/aromatic N) is 1. The van der Waals surface area contributed by atoms with E-state index in [1.807, 2.05) is 0 Å². The van der Waals surface area contributed by atoms with Crippen LogP contribution in [0.5, 0.6) is 0 Å². The van der Waals surface area contributed by atoms with Gasteiger partial charge in [0.05, 0.1) is 24.9 Å². The molecule has 46 heavy (non-hydrogen) atoms. The second-order valence-corrected chi connectivity index (χ2v) is 14.2. The molecule has 5 rings (SSSR count). The predicted octanol–water partition coefficient (Wildman–Crippen LogP) is 6.55. The van der Waals surface area contributed by atoms with Gasteiger partial charge >= 0.3 is 12.1 Å². The maximum absolute atomic E-state index is 14.7. The number of carbonyl (C=O) groups excluding carboxylic acids is 1. The zero-order chi connectivity index (χ0) is 33.4. The van der Waals surface area contributed by atoms with Crippen molar-refractivity contribution in [3.05, 3.63) is 105 Å². The number of carbonyl (C=O) groups is 2. The van der Waals surface area contributed by atoms with Gasteiger partial charge in [0.1, 0.15) is 22.8 Å². The monoisotopic (exact) mass is 702 g/mol. The van der Waals surface area contributed by atoms with Crippen molar-refractivity contribution in [1.29, 1.82) is 0 Å². The zero-order valence-corrected chi connectivity index (χ0v) is 26.2. The standard InChI is InChI=1S/C31H28Cl2F4N2O6S/c32-20-10-8-18(9-11-20)27-28(19-4-3-5-21(33)14-19)45-25(15-26(40)41)29(42)39(27)22(16-31(35,36)37)17-38-46(43,44)30(12-13-30)23-6-1-2-7-24(23)34/h1-11,14,22,25,27-28,38H,12-13,15-17H2,(H,40,41)/t22-,25-,27+,28+/m0/s1. The molecule has 0 bridgehead atoms. The smallest absolute Gasteiger partial charge is 0.391 e. The van der Waals surface area contributed by atoms with Gasteiger partial charge in [0.25, 0.3) is 5.91 Å². The lowest BCUT2D eigenvalue weighted by Gasteiger charge is -2.48. The third-order valence-electron chi connectivity index (χ3n) is 8.13. The molecule has 246 valence electrons. The number of alkyl halides is 3. The van der Waals surface area contributed by atoms with Gasteiger partial charge in [-0.25, -0.2) is 17.5 Å². The van der Waals surface area contributed by atoms with Crippen molar-refractivity contribution in [3.8, 4) is 0 Å². The van der Waals surface area contributed by atoms with Gasteiger partial charge in [-0.05, 0) is 54.3 Å². The van der Waals surface area contributed by atoms with E-state index in [1.54, 1.807) is 18.2 Å². The molecule has 0 radical (unpaired) electrons. The molecule has 3 aromatic carbocycles. The van der Waals surface area contributed by atoms with Gasteiger partial charge in [0.15, 0.2) is 0 Å². The summed E-state index contributed by atoms with van der Waals surface area (Å²) in [5.41, 5.74) is 0.513. The number of carboxylic acids is 1. The Morgan fingerprint density at radius 3 is 2.28 bits per heavy atom. The first kappa shape index (κ1) is 34.1. The summed E-state index contributed by atoms with van der Waals surface area (Å²) in [6, 6.07) is 14.1. The van der Waals surface area contributed by atoms with E-state index in [4.69, 9.17) is 27.9 Å². The SMILES string of the molecule is O=C(O)C[C@@H]1O[C@H](c2cccc(Cl)c2)[C@@H](c2ccc(Cl)cc2)N([C@H](CNS(=O)(=O)C2(c3ccccc3F)CC2)CC(F)(F)F)C1=O. The van der Waals surface area contributed by atoms with E-state index in [0.29, 0.717) is 10.6 Å². The Morgan fingerprint density at radius 2 is 1.70 bits per heavy atom. The summed E-state index contributed by atoms with van der Waals surface area (Å²) >= 11 is 12.3. The first-order chi connectivity index (χ1) is 21.6. The molecular weight excluding hydrogens is 675 g/mol. The van der Waals surface area contributed by atoms with E-state index < -0.39 is 82.3 Å². The number of morpholine rings is 1. The van der Waals surface area contributed by atoms with Crippen LogP contribution in [0.2, 0.25) is 10.0 Å². The molecule has 8 nitrogen and oxygen atoms in total. The van der Waals surface area contributed by atoms with Crippen molar-refractivity contribution in [2.24, 2.45) is 0 Å². The minimum absolute atomic E-state index is 0.0363. The van der Waals surface area contributed by atoms with Crippen LogP contribution in [0, 0.1) is 5.82 Å². The van der Waals surface area contributed by atoms with Crippen LogP contribution in [0.25, 0.3) is 0 Å². The number of halogens is 6. The maximum Gasteiger partial charge on any atom is 0.391 e. The number of carboxylic acid groups (broad SMARTS) is 1. The van der Waals surface area contributed by atoms with Gasteiger partial charge in [-0.1, -0.05) is 65.7 Å².